The van der Waals surface area contributed by atoms with Crippen molar-refractivity contribution >= 4 is 127 Å². The number of aliphatic hydroxyl groups excluding tert-OH is 3. The molecule has 36 nitrogen and oxygen atoms in total. The Balaban J connectivity index is 1.21. The molecule has 12 atom stereocenters. The highest BCUT2D eigenvalue weighted by Gasteiger charge is 2.45. The summed E-state index contributed by atoms with van der Waals surface area (Å²) in [7, 11) is 2.19. The van der Waals surface area contributed by atoms with Crippen LogP contribution in [0.4, 0.5) is 0 Å². The standard InChI is InChI=1S/C82H125N19O17S2/c1-5-7-9-10-11-12-13-14-15-16-17-18-22-34-67(106)90-46-68(107)91-63(48-102)77(115)94-58(35-36-66(83)105)73(111)97-62(43-52-29-25-38-87-52)75(113)99-64(49-103)78(116)93-56(31-8-6-2)71(109)95-59-37-40-119-120-82(3,4)69(70(84)108)100-76(114)61(42-51-45-89-55-32-24-23-30-54(51)55)96-72(110)57(33-26-39-88-81(85)86)92-74(112)60(41-50-27-20-19-21-28-50)98-79(117)65-44-53(104)47-101(65)80(59)118/h19-21,23-24,27-30,32,38,45,53,56-65,69,89,102-104H,5-18,22,25-26,31,33-37,39-44,46-49H2,1-4H3,(H2,83,105)(H2,84,108)(H,90,106)(H,91,107)(H,92,112)(H,93,116)(H,94,115)(H,95,109)(H,96,110)(H,97,111)(H,98,117)(H,99,113)(H,100,114)(H4,85,86,88)/t53-,56+,57+,58+,59+,60-,61+,62+,63+,64+,65+,69-/m1/s1. The molecule has 0 bridgehead atoms. The number of benzene rings is 2. The van der Waals surface area contributed by atoms with Crippen LogP contribution >= 0.6 is 21.6 Å². The van der Waals surface area contributed by atoms with E-state index in [4.69, 9.17) is 22.9 Å². The molecule has 0 spiro atoms. The van der Waals surface area contributed by atoms with E-state index in [1.54, 1.807) is 69.4 Å². The maximum Gasteiger partial charge on any atom is 0.245 e. The molecular formula is C82H125N19O17S2. The van der Waals surface area contributed by atoms with E-state index in [1.807, 2.05) is 18.2 Å². The van der Waals surface area contributed by atoms with Gasteiger partial charge in [-0.05, 0) is 69.6 Å². The van der Waals surface area contributed by atoms with Gasteiger partial charge in [-0.25, -0.2) is 0 Å². The van der Waals surface area contributed by atoms with Gasteiger partial charge in [0.1, 0.15) is 66.5 Å². The van der Waals surface area contributed by atoms with Gasteiger partial charge in [0.15, 0.2) is 5.96 Å². The fourth-order valence-electron chi connectivity index (χ4n) is 14.1. The number of nitrogens with one attached hydrogen (secondary N) is 12. The average molecular weight is 1710 g/mol. The van der Waals surface area contributed by atoms with Gasteiger partial charge in [-0.3, -0.25) is 77.1 Å². The minimum atomic E-state index is -1.86. The summed E-state index contributed by atoms with van der Waals surface area (Å²) in [5.41, 5.74) is 25.0. The Hall–Kier alpha value is -10.2. The molecule has 4 heterocycles. The molecule has 3 aromatic rings. The summed E-state index contributed by atoms with van der Waals surface area (Å²) in [4.78, 5) is 211. The van der Waals surface area contributed by atoms with Crippen molar-refractivity contribution in [3.8, 4) is 0 Å². The molecule has 6 rings (SSSR count). The van der Waals surface area contributed by atoms with Crippen LogP contribution in [0, 0.1) is 0 Å². The molecule has 2 fully saturated rings. The number of aliphatic hydroxyl groups is 3. The van der Waals surface area contributed by atoms with Crippen molar-refractivity contribution in [1.29, 1.82) is 0 Å². The zero-order valence-corrected chi connectivity index (χ0v) is 70.8. The number of hydrogen-bond donors (Lipinski definition) is 19. The fourth-order valence-corrected chi connectivity index (χ4v) is 16.9. The third-order valence-electron chi connectivity index (χ3n) is 20.9. The van der Waals surface area contributed by atoms with Crippen molar-refractivity contribution in [3.63, 3.8) is 0 Å². The van der Waals surface area contributed by atoms with E-state index in [0.717, 1.165) is 63.1 Å². The predicted molar refractivity (Wildman–Crippen MR) is 457 cm³/mol. The second kappa shape index (κ2) is 52.1. The number of aliphatic imine (C=N–C) groups is 2. The van der Waals surface area contributed by atoms with Crippen molar-refractivity contribution in [3.05, 3.63) is 83.7 Å². The summed E-state index contributed by atoms with van der Waals surface area (Å²) in [6.07, 6.45) is 17.1. The highest BCUT2D eigenvalue weighted by Crippen LogP contribution is 2.39. The highest BCUT2D eigenvalue weighted by atomic mass is 33.1. The molecule has 662 valence electrons. The lowest BCUT2D eigenvalue weighted by Gasteiger charge is -2.33. The maximum absolute atomic E-state index is 15.4. The number of para-hydroxylation sites is 1. The summed E-state index contributed by atoms with van der Waals surface area (Å²) < 4.78 is -1.28. The number of fused-ring (bicyclic) bond motifs is 2. The molecule has 0 aliphatic carbocycles. The van der Waals surface area contributed by atoms with Crippen LogP contribution in [-0.2, 0) is 80.0 Å². The molecule has 14 amide bonds. The van der Waals surface area contributed by atoms with E-state index in [0.29, 0.717) is 36.1 Å². The van der Waals surface area contributed by atoms with E-state index in [9.17, 15) is 72.9 Å². The van der Waals surface area contributed by atoms with Crippen molar-refractivity contribution in [2.75, 3.05) is 38.6 Å². The Morgan fingerprint density at radius 3 is 1.80 bits per heavy atom. The number of unbranched alkanes of at least 4 members (excludes halogenated alkanes) is 13. The van der Waals surface area contributed by atoms with Gasteiger partial charge in [-0.1, -0.05) is 180 Å². The molecule has 38 heteroatoms. The van der Waals surface area contributed by atoms with Gasteiger partial charge in [0.05, 0.1) is 25.9 Å². The molecule has 23 N–H and O–H groups in total. The topological polar surface area (TPSA) is 580 Å². The summed E-state index contributed by atoms with van der Waals surface area (Å²) in [6.45, 7) is 4.19. The maximum atomic E-state index is 15.4. The second-order valence-electron chi connectivity index (χ2n) is 31.1. The van der Waals surface area contributed by atoms with Crippen molar-refractivity contribution < 1.29 is 82.4 Å². The number of rotatable bonds is 46. The molecule has 3 aliphatic rings. The number of hydrogen-bond acceptors (Lipinski definition) is 21. The lowest BCUT2D eigenvalue weighted by Crippen LogP contribution is -2.61. The highest BCUT2D eigenvalue weighted by molar-refractivity contribution is 8.77. The monoisotopic (exact) mass is 1710 g/mol. The van der Waals surface area contributed by atoms with Crippen LogP contribution in [0.25, 0.3) is 10.9 Å². The van der Waals surface area contributed by atoms with E-state index in [-0.39, 0.29) is 82.5 Å². The van der Waals surface area contributed by atoms with Crippen LogP contribution in [0.3, 0.4) is 0 Å². The number of guanidine groups is 1. The normalized spacial score (nSPS) is 20.4. The van der Waals surface area contributed by atoms with Gasteiger partial charge in [0.25, 0.3) is 0 Å². The van der Waals surface area contributed by atoms with E-state index >= 15 is 9.59 Å². The number of amides is 14. The lowest BCUT2D eigenvalue weighted by atomic mass is 9.99. The molecule has 3 aliphatic heterocycles. The molecule has 120 heavy (non-hydrogen) atoms. The van der Waals surface area contributed by atoms with Gasteiger partial charge in [0.2, 0.25) is 82.7 Å². The lowest BCUT2D eigenvalue weighted by molar-refractivity contribution is -0.142. The quantitative estimate of drug-likeness (QED) is 0.0160. The van der Waals surface area contributed by atoms with Crippen molar-refractivity contribution in [2.24, 2.45) is 32.9 Å². The molecule has 2 saturated heterocycles. The van der Waals surface area contributed by atoms with Gasteiger partial charge in [-0.15, -0.1) is 0 Å². The van der Waals surface area contributed by atoms with Crippen LogP contribution in [0.2, 0.25) is 0 Å². The van der Waals surface area contributed by atoms with Crippen LogP contribution in [0.1, 0.15) is 199 Å². The molecule has 0 saturated carbocycles. The predicted octanol–water partition coefficient (Wildman–Crippen LogP) is 0.652. The SMILES string of the molecule is CCCCCCCCCCCCCCCC(=O)NCC(=O)N[C@@H](CO)C(=O)N[C@@H](CCC(N)=O)C(=O)N[C@@H](CC1=CCC=N1)C(=O)N[C@@H](CO)C(=O)N[C@@H](CCCC)C(=O)N[C@H]1CCSSC(C)(C)[C@@H](C(N)=O)NC(=O)[C@H](Cc2c[nH]c3ccccc23)NC(=O)[C@H](CCCN=C(N)N)NC(=O)[C@@H](Cc2ccccc2)NC(=O)[C@@H]2C[C@@H](O)CN2C1=O. The van der Waals surface area contributed by atoms with Gasteiger partial charge >= 0.3 is 0 Å². The van der Waals surface area contributed by atoms with Crippen molar-refractivity contribution in [2.45, 2.75) is 278 Å². The first-order valence-corrected chi connectivity index (χ1v) is 44.0. The zero-order chi connectivity index (χ0) is 87.7. The largest absolute Gasteiger partial charge is 0.394 e. The number of aromatic nitrogens is 1. The first-order valence-electron chi connectivity index (χ1n) is 41.7. The number of nitrogens with two attached hydrogens (primary N) is 4. The number of carbonyl (C=O) groups is 14. The molecular weight excluding hydrogens is 1590 g/mol. The first kappa shape index (κ1) is 98.6. The Labute approximate surface area is 708 Å². The molecule has 2 aromatic carbocycles. The van der Waals surface area contributed by atoms with Gasteiger partial charge in [-0.2, -0.15) is 0 Å². The number of aromatic amines is 1. The third-order valence-corrected chi connectivity index (χ3v) is 24.2. The Morgan fingerprint density at radius 2 is 1.18 bits per heavy atom. The van der Waals surface area contributed by atoms with E-state index in [1.165, 1.54) is 57.6 Å². The van der Waals surface area contributed by atoms with E-state index in [2.05, 4.69) is 80.4 Å². The fraction of sp³-hybridized carbons (Fsp3) is 0.610. The Bertz CT molecular complexity index is 4010. The van der Waals surface area contributed by atoms with E-state index < -0.39 is 199 Å². The number of allylic oxidation sites excluding steroid dienone is 1. The number of nitrogens with zero attached hydrogens (tertiary/aromatic N) is 3. The van der Waals surface area contributed by atoms with Gasteiger partial charge < -0.3 is 107 Å². The number of primary amides is 2. The average Bonchev–Trinajstić information content (AvgIpc) is 0.848. The van der Waals surface area contributed by atoms with Crippen molar-refractivity contribution in [1.82, 2.24) is 68.4 Å². The number of carbonyl (C=O) groups excluding carboxylic acids is 14. The van der Waals surface area contributed by atoms with Crippen LogP contribution in [-0.4, -0.2) is 236 Å². The van der Waals surface area contributed by atoms with Crippen LogP contribution in [0.15, 0.2) is 82.6 Å². The summed E-state index contributed by atoms with van der Waals surface area (Å²) in [6, 6.07) is -1.46. The Kier molecular flexibility index (Phi) is 42.8. The molecule has 0 radical (unpaired) electrons. The summed E-state index contributed by atoms with van der Waals surface area (Å²) >= 11 is 0. The minimum absolute atomic E-state index is 0.00814. The second-order valence-corrected chi connectivity index (χ2v) is 34.1. The molecule has 0 unspecified atom stereocenters. The summed E-state index contributed by atoms with van der Waals surface area (Å²) in [5, 5.41) is 61.8. The first-order chi connectivity index (χ1) is 57.4. The Morgan fingerprint density at radius 1 is 0.617 bits per heavy atom. The van der Waals surface area contributed by atoms with Crippen LogP contribution in [0.5, 0.6) is 0 Å². The molecule has 1 aromatic heterocycles. The van der Waals surface area contributed by atoms with Gasteiger partial charge in [0, 0.05) is 97.5 Å². The minimum Gasteiger partial charge on any atom is -0.394 e. The number of H-pyrrole nitrogens is 1. The van der Waals surface area contributed by atoms with Crippen LogP contribution < -0.4 is 81.4 Å². The zero-order valence-electron chi connectivity index (χ0n) is 69.2. The summed E-state index contributed by atoms with van der Waals surface area (Å²) in [5.74, 6) is -13.0. The smallest absolute Gasteiger partial charge is 0.245 e. The third kappa shape index (κ3) is 33.8.